The molecule has 0 aromatic carbocycles. The highest BCUT2D eigenvalue weighted by atomic mass is 32.1. The number of hydrogen-bond acceptors (Lipinski definition) is 7. The molecule has 4 rings (SSSR count). The van der Waals surface area contributed by atoms with E-state index < -0.39 is 0 Å². The zero-order valence-corrected chi connectivity index (χ0v) is 18.8. The minimum absolute atomic E-state index is 0.0181. The van der Waals surface area contributed by atoms with Crippen molar-refractivity contribution in [2.45, 2.75) is 58.9 Å². The van der Waals surface area contributed by atoms with E-state index in [4.69, 9.17) is 4.74 Å². The van der Waals surface area contributed by atoms with Crippen LogP contribution in [-0.2, 0) is 17.8 Å². The topological polar surface area (TPSA) is 71.8 Å². The number of carbonyl (C=O) groups is 1. The Kier molecular flexibility index (Phi) is 6.00. The molecule has 1 aliphatic heterocycles. The summed E-state index contributed by atoms with van der Waals surface area (Å²) < 4.78 is 7.79. The van der Waals surface area contributed by atoms with E-state index in [0.29, 0.717) is 37.8 Å². The van der Waals surface area contributed by atoms with Gasteiger partial charge in [-0.05, 0) is 13.8 Å². The standard InChI is InChI=1S/C20H27N5O2S2/c1-12(2)18-22-15(11-29-18)7-21-8-16-17(23-20-25(16)5-6-28-20)19(26)24-9-13(3)27-14(4)10-24/h5-6,11-14,21H,7-10H2,1-4H3/t13-,14+. The van der Waals surface area contributed by atoms with Crippen LogP contribution in [0.4, 0.5) is 0 Å². The average molecular weight is 434 g/mol. The van der Waals surface area contributed by atoms with Crippen molar-refractivity contribution in [2.24, 2.45) is 0 Å². The van der Waals surface area contributed by atoms with E-state index in [1.165, 1.54) is 0 Å². The summed E-state index contributed by atoms with van der Waals surface area (Å²) in [5.41, 5.74) is 2.47. The van der Waals surface area contributed by atoms with Gasteiger partial charge in [-0.1, -0.05) is 13.8 Å². The molecule has 0 saturated carbocycles. The number of nitrogens with one attached hydrogen (secondary N) is 1. The summed E-state index contributed by atoms with van der Waals surface area (Å²) in [6.45, 7) is 10.7. The molecule has 156 valence electrons. The van der Waals surface area contributed by atoms with Crippen molar-refractivity contribution in [3.8, 4) is 0 Å². The van der Waals surface area contributed by atoms with Crippen LogP contribution in [0, 0.1) is 0 Å². The first-order valence-electron chi connectivity index (χ1n) is 9.96. The predicted octanol–water partition coefficient (Wildman–Crippen LogP) is 3.51. The Morgan fingerprint density at radius 2 is 2.00 bits per heavy atom. The molecule has 0 aliphatic carbocycles. The number of imidazole rings is 1. The first kappa shape index (κ1) is 20.5. The lowest BCUT2D eigenvalue weighted by Crippen LogP contribution is -2.48. The van der Waals surface area contributed by atoms with Gasteiger partial charge in [-0.15, -0.1) is 22.7 Å². The number of hydrogen-bond donors (Lipinski definition) is 1. The quantitative estimate of drug-likeness (QED) is 0.644. The summed E-state index contributed by atoms with van der Waals surface area (Å²) in [7, 11) is 0. The van der Waals surface area contributed by atoms with Crippen LogP contribution in [0.1, 0.15) is 60.5 Å². The highest BCUT2D eigenvalue weighted by molar-refractivity contribution is 7.15. The molecule has 1 aliphatic rings. The molecule has 4 heterocycles. The number of rotatable bonds is 6. The predicted molar refractivity (Wildman–Crippen MR) is 116 cm³/mol. The highest BCUT2D eigenvalue weighted by Gasteiger charge is 2.30. The second kappa shape index (κ2) is 8.51. The molecule has 7 nitrogen and oxygen atoms in total. The Morgan fingerprint density at radius 1 is 1.24 bits per heavy atom. The van der Waals surface area contributed by atoms with Gasteiger partial charge >= 0.3 is 0 Å². The molecule has 2 atom stereocenters. The van der Waals surface area contributed by atoms with Gasteiger partial charge in [0.05, 0.1) is 28.6 Å². The number of amides is 1. The van der Waals surface area contributed by atoms with Crippen molar-refractivity contribution in [1.82, 2.24) is 24.6 Å². The summed E-state index contributed by atoms with van der Waals surface area (Å²) in [5, 5.41) is 8.69. The van der Waals surface area contributed by atoms with Crippen LogP contribution in [-0.4, -0.2) is 50.5 Å². The molecule has 0 radical (unpaired) electrons. The number of carbonyl (C=O) groups excluding carboxylic acids is 1. The van der Waals surface area contributed by atoms with Crippen molar-refractivity contribution in [1.29, 1.82) is 0 Å². The van der Waals surface area contributed by atoms with Gasteiger partial charge in [0, 0.05) is 49.1 Å². The zero-order valence-electron chi connectivity index (χ0n) is 17.2. The van der Waals surface area contributed by atoms with Crippen LogP contribution < -0.4 is 5.32 Å². The summed E-state index contributed by atoms with van der Waals surface area (Å²) in [4.78, 5) is 25.3. The monoisotopic (exact) mass is 433 g/mol. The van der Waals surface area contributed by atoms with Crippen molar-refractivity contribution in [3.05, 3.63) is 39.0 Å². The van der Waals surface area contributed by atoms with E-state index in [2.05, 4.69) is 34.5 Å². The Hall–Kier alpha value is -1.81. The van der Waals surface area contributed by atoms with Crippen molar-refractivity contribution in [2.75, 3.05) is 13.1 Å². The number of fused-ring (bicyclic) bond motifs is 1. The summed E-state index contributed by atoms with van der Waals surface area (Å²) >= 11 is 3.24. The van der Waals surface area contributed by atoms with Crippen LogP contribution in [0.5, 0.6) is 0 Å². The fourth-order valence-corrected chi connectivity index (χ4v) is 5.21. The zero-order chi connectivity index (χ0) is 20.5. The second-order valence-electron chi connectivity index (χ2n) is 7.87. The van der Waals surface area contributed by atoms with Gasteiger partial charge in [0.25, 0.3) is 5.91 Å². The van der Waals surface area contributed by atoms with Gasteiger partial charge in [0.2, 0.25) is 0 Å². The normalized spacial score (nSPS) is 20.1. The Morgan fingerprint density at radius 3 is 2.69 bits per heavy atom. The maximum Gasteiger partial charge on any atom is 0.274 e. The molecule has 0 bridgehead atoms. The molecule has 1 fully saturated rings. The molecule has 3 aromatic rings. The number of thiazole rings is 2. The summed E-state index contributed by atoms with van der Waals surface area (Å²) in [6.07, 6.45) is 2.05. The molecule has 0 spiro atoms. The fraction of sp³-hybridized carbons (Fsp3) is 0.550. The van der Waals surface area contributed by atoms with Gasteiger partial charge in [-0.3, -0.25) is 9.20 Å². The molecule has 9 heteroatoms. The molecular weight excluding hydrogens is 406 g/mol. The average Bonchev–Trinajstić information content (AvgIpc) is 3.37. The first-order valence-corrected chi connectivity index (χ1v) is 11.7. The molecule has 0 unspecified atom stereocenters. The van der Waals surface area contributed by atoms with Crippen LogP contribution in [0.15, 0.2) is 17.0 Å². The second-order valence-corrected chi connectivity index (χ2v) is 9.63. The van der Waals surface area contributed by atoms with E-state index in [-0.39, 0.29) is 18.1 Å². The lowest BCUT2D eigenvalue weighted by atomic mass is 10.2. The van der Waals surface area contributed by atoms with Crippen LogP contribution in [0.25, 0.3) is 4.96 Å². The highest BCUT2D eigenvalue weighted by Crippen LogP contribution is 2.22. The van der Waals surface area contributed by atoms with E-state index in [0.717, 1.165) is 21.4 Å². The van der Waals surface area contributed by atoms with Crippen LogP contribution >= 0.6 is 22.7 Å². The van der Waals surface area contributed by atoms with Gasteiger partial charge in [0.1, 0.15) is 0 Å². The Labute approximate surface area is 178 Å². The van der Waals surface area contributed by atoms with E-state index >= 15 is 0 Å². The minimum Gasteiger partial charge on any atom is -0.372 e. The molecule has 29 heavy (non-hydrogen) atoms. The Bertz CT molecular complexity index is 982. The molecule has 1 amide bonds. The first-order chi connectivity index (χ1) is 13.9. The SMILES string of the molecule is CC(C)c1nc(CNCc2c(C(=O)N3C[C@@H](C)O[C@@H](C)C3)nc3sccn23)cs1. The fourth-order valence-electron chi connectivity index (χ4n) is 3.64. The van der Waals surface area contributed by atoms with Crippen molar-refractivity contribution >= 4 is 33.5 Å². The van der Waals surface area contributed by atoms with Gasteiger partial charge in [-0.25, -0.2) is 9.97 Å². The number of morpholine rings is 1. The van der Waals surface area contributed by atoms with Crippen LogP contribution in [0.2, 0.25) is 0 Å². The van der Waals surface area contributed by atoms with Crippen LogP contribution in [0.3, 0.4) is 0 Å². The molecular formula is C20H27N5O2S2. The largest absolute Gasteiger partial charge is 0.372 e. The maximum absolute atomic E-state index is 13.3. The lowest BCUT2D eigenvalue weighted by molar-refractivity contribution is -0.0587. The third kappa shape index (κ3) is 4.37. The van der Waals surface area contributed by atoms with E-state index in [9.17, 15) is 4.79 Å². The van der Waals surface area contributed by atoms with Crippen molar-refractivity contribution < 1.29 is 9.53 Å². The van der Waals surface area contributed by atoms with Gasteiger partial charge in [0.15, 0.2) is 10.7 Å². The summed E-state index contributed by atoms with van der Waals surface area (Å²) in [6, 6.07) is 0. The van der Waals surface area contributed by atoms with Gasteiger partial charge < -0.3 is 15.0 Å². The molecule has 1 N–H and O–H groups in total. The third-order valence-corrected chi connectivity index (χ3v) is 6.88. The van der Waals surface area contributed by atoms with E-state index in [1.807, 2.05) is 34.7 Å². The van der Waals surface area contributed by atoms with Gasteiger partial charge in [-0.2, -0.15) is 0 Å². The smallest absolute Gasteiger partial charge is 0.274 e. The Balaban J connectivity index is 1.51. The molecule has 1 saturated heterocycles. The lowest BCUT2D eigenvalue weighted by Gasteiger charge is -2.35. The van der Waals surface area contributed by atoms with E-state index in [1.54, 1.807) is 22.7 Å². The number of aromatic nitrogens is 3. The molecule has 3 aromatic heterocycles. The summed E-state index contributed by atoms with van der Waals surface area (Å²) in [5.74, 6) is 0.423. The van der Waals surface area contributed by atoms with Crippen molar-refractivity contribution in [3.63, 3.8) is 0 Å². The minimum atomic E-state index is -0.0181. The maximum atomic E-state index is 13.3. The number of ether oxygens (including phenoxy) is 1. The number of nitrogens with zero attached hydrogens (tertiary/aromatic N) is 4. The third-order valence-electron chi connectivity index (χ3n) is 4.93.